The van der Waals surface area contributed by atoms with Gasteiger partial charge >= 0.3 is 0 Å². The van der Waals surface area contributed by atoms with Crippen LogP contribution in [0.5, 0.6) is 5.75 Å². The summed E-state index contributed by atoms with van der Waals surface area (Å²) in [6, 6.07) is 6.46. The van der Waals surface area contributed by atoms with Gasteiger partial charge in [-0.05, 0) is 24.3 Å². The molecule has 0 aliphatic rings. The molecule has 1 aromatic carbocycles. The average molecular weight is 216 g/mol. The van der Waals surface area contributed by atoms with Crippen LogP contribution in [0, 0.1) is 0 Å². The SMILES string of the molecule is CN(C)C(=O)c1ccnc2ccc(O)cc12. The van der Waals surface area contributed by atoms with Crippen LogP contribution in [0.4, 0.5) is 0 Å². The first-order valence-corrected chi connectivity index (χ1v) is 4.89. The van der Waals surface area contributed by atoms with Gasteiger partial charge in [0.2, 0.25) is 0 Å². The Morgan fingerprint density at radius 3 is 2.75 bits per heavy atom. The third kappa shape index (κ3) is 1.69. The number of hydrogen-bond donors (Lipinski definition) is 1. The van der Waals surface area contributed by atoms with Crippen LogP contribution in [-0.4, -0.2) is 35.0 Å². The van der Waals surface area contributed by atoms with Gasteiger partial charge in [0.25, 0.3) is 5.91 Å². The van der Waals surface area contributed by atoms with Gasteiger partial charge in [-0.15, -0.1) is 0 Å². The second-order valence-electron chi connectivity index (χ2n) is 3.76. The Hall–Kier alpha value is -2.10. The highest BCUT2D eigenvalue weighted by atomic mass is 16.3. The molecule has 0 aliphatic carbocycles. The topological polar surface area (TPSA) is 53.4 Å². The Morgan fingerprint density at radius 1 is 1.31 bits per heavy atom. The minimum atomic E-state index is -0.0991. The summed E-state index contributed by atoms with van der Waals surface area (Å²) < 4.78 is 0. The molecule has 1 heterocycles. The van der Waals surface area contributed by atoms with Crippen molar-refractivity contribution in [3.8, 4) is 5.75 Å². The van der Waals surface area contributed by atoms with Gasteiger partial charge in [-0.1, -0.05) is 0 Å². The minimum Gasteiger partial charge on any atom is -0.508 e. The zero-order valence-corrected chi connectivity index (χ0v) is 9.14. The van der Waals surface area contributed by atoms with Gasteiger partial charge in [0, 0.05) is 25.7 Å². The van der Waals surface area contributed by atoms with Crippen molar-refractivity contribution in [1.29, 1.82) is 0 Å². The molecule has 0 radical (unpaired) electrons. The van der Waals surface area contributed by atoms with E-state index in [9.17, 15) is 9.90 Å². The lowest BCUT2D eigenvalue weighted by molar-refractivity contribution is 0.0829. The van der Waals surface area contributed by atoms with E-state index in [1.807, 2.05) is 0 Å². The van der Waals surface area contributed by atoms with Crippen LogP contribution in [0.25, 0.3) is 10.9 Å². The van der Waals surface area contributed by atoms with E-state index in [1.54, 1.807) is 44.6 Å². The number of rotatable bonds is 1. The van der Waals surface area contributed by atoms with E-state index in [1.165, 1.54) is 4.90 Å². The van der Waals surface area contributed by atoms with Gasteiger partial charge in [0.15, 0.2) is 0 Å². The summed E-state index contributed by atoms with van der Waals surface area (Å²) in [5.41, 5.74) is 1.25. The molecule has 0 spiro atoms. The van der Waals surface area contributed by atoms with Gasteiger partial charge in [-0.2, -0.15) is 0 Å². The van der Waals surface area contributed by atoms with Crippen molar-refractivity contribution in [1.82, 2.24) is 9.88 Å². The van der Waals surface area contributed by atoms with Crippen LogP contribution in [0.1, 0.15) is 10.4 Å². The molecule has 0 fully saturated rings. The van der Waals surface area contributed by atoms with Crippen LogP contribution in [0.3, 0.4) is 0 Å². The zero-order chi connectivity index (χ0) is 11.7. The molecular formula is C12H12N2O2. The quantitative estimate of drug-likeness (QED) is 0.788. The summed E-state index contributed by atoms with van der Waals surface area (Å²) in [6.45, 7) is 0. The van der Waals surface area contributed by atoms with Crippen LogP contribution < -0.4 is 0 Å². The minimum absolute atomic E-state index is 0.0991. The van der Waals surface area contributed by atoms with E-state index < -0.39 is 0 Å². The van der Waals surface area contributed by atoms with E-state index >= 15 is 0 Å². The first-order chi connectivity index (χ1) is 7.59. The lowest BCUT2D eigenvalue weighted by atomic mass is 10.1. The number of aromatic hydroxyl groups is 1. The molecule has 0 bridgehead atoms. The summed E-state index contributed by atoms with van der Waals surface area (Å²) in [7, 11) is 3.38. The fraction of sp³-hybridized carbons (Fsp3) is 0.167. The smallest absolute Gasteiger partial charge is 0.254 e. The van der Waals surface area contributed by atoms with Crippen LogP contribution in [0.15, 0.2) is 30.5 Å². The summed E-state index contributed by atoms with van der Waals surface area (Å²) in [5, 5.41) is 10.1. The summed E-state index contributed by atoms with van der Waals surface area (Å²) in [6.07, 6.45) is 1.59. The number of phenolic OH excluding ortho intramolecular Hbond substituents is 1. The van der Waals surface area contributed by atoms with Gasteiger partial charge < -0.3 is 10.0 Å². The number of phenols is 1. The molecule has 1 amide bonds. The van der Waals surface area contributed by atoms with E-state index in [2.05, 4.69) is 4.98 Å². The molecule has 82 valence electrons. The molecular weight excluding hydrogens is 204 g/mol. The number of aromatic nitrogens is 1. The fourth-order valence-corrected chi connectivity index (χ4v) is 1.56. The van der Waals surface area contributed by atoms with Crippen LogP contribution >= 0.6 is 0 Å². The van der Waals surface area contributed by atoms with Gasteiger partial charge in [-0.25, -0.2) is 0 Å². The van der Waals surface area contributed by atoms with Gasteiger partial charge in [0.1, 0.15) is 5.75 Å². The summed E-state index contributed by atoms with van der Waals surface area (Å²) >= 11 is 0. The molecule has 0 saturated heterocycles. The zero-order valence-electron chi connectivity index (χ0n) is 9.14. The third-order valence-corrected chi connectivity index (χ3v) is 2.36. The lowest BCUT2D eigenvalue weighted by Gasteiger charge is -2.11. The van der Waals surface area contributed by atoms with Crippen molar-refractivity contribution in [3.63, 3.8) is 0 Å². The molecule has 2 aromatic rings. The number of fused-ring (bicyclic) bond motifs is 1. The number of pyridine rings is 1. The molecule has 4 nitrogen and oxygen atoms in total. The molecule has 0 saturated carbocycles. The Kier molecular flexibility index (Phi) is 2.48. The fourth-order valence-electron chi connectivity index (χ4n) is 1.56. The van der Waals surface area contributed by atoms with Crippen molar-refractivity contribution in [2.24, 2.45) is 0 Å². The van der Waals surface area contributed by atoms with Crippen LogP contribution in [0.2, 0.25) is 0 Å². The standard InChI is InChI=1S/C12H12N2O2/c1-14(2)12(16)9-5-6-13-11-4-3-8(15)7-10(9)11/h3-7,15H,1-2H3. The third-order valence-electron chi connectivity index (χ3n) is 2.36. The Balaban J connectivity index is 2.69. The maximum atomic E-state index is 11.9. The number of benzene rings is 1. The monoisotopic (exact) mass is 216 g/mol. The van der Waals surface area contributed by atoms with E-state index in [-0.39, 0.29) is 11.7 Å². The molecule has 4 heteroatoms. The van der Waals surface area contributed by atoms with E-state index in [4.69, 9.17) is 0 Å². The number of carbonyl (C=O) groups is 1. The Labute approximate surface area is 93.1 Å². The largest absolute Gasteiger partial charge is 0.508 e. The molecule has 16 heavy (non-hydrogen) atoms. The average Bonchev–Trinajstić information content (AvgIpc) is 2.27. The van der Waals surface area contributed by atoms with E-state index in [0.29, 0.717) is 16.5 Å². The van der Waals surface area contributed by atoms with E-state index in [0.717, 1.165) is 0 Å². The van der Waals surface area contributed by atoms with Crippen molar-refractivity contribution in [3.05, 3.63) is 36.0 Å². The highest BCUT2D eigenvalue weighted by Crippen LogP contribution is 2.22. The first kappa shape index (κ1) is 10.4. The normalized spacial score (nSPS) is 10.4. The van der Waals surface area contributed by atoms with Crippen molar-refractivity contribution in [2.75, 3.05) is 14.1 Å². The van der Waals surface area contributed by atoms with Crippen LogP contribution in [-0.2, 0) is 0 Å². The van der Waals surface area contributed by atoms with Crippen molar-refractivity contribution < 1.29 is 9.90 Å². The maximum absolute atomic E-state index is 11.9. The predicted molar refractivity (Wildman–Crippen MR) is 61.4 cm³/mol. The number of nitrogens with zero attached hydrogens (tertiary/aromatic N) is 2. The highest BCUT2D eigenvalue weighted by molar-refractivity contribution is 6.06. The Morgan fingerprint density at radius 2 is 2.06 bits per heavy atom. The molecule has 1 N–H and O–H groups in total. The predicted octanol–water partition coefficient (Wildman–Crippen LogP) is 1.64. The molecule has 1 aromatic heterocycles. The van der Waals surface area contributed by atoms with Crippen molar-refractivity contribution in [2.45, 2.75) is 0 Å². The highest BCUT2D eigenvalue weighted by Gasteiger charge is 2.12. The second-order valence-corrected chi connectivity index (χ2v) is 3.76. The summed E-state index contributed by atoms with van der Waals surface area (Å²) in [4.78, 5) is 17.5. The van der Waals surface area contributed by atoms with Crippen molar-refractivity contribution >= 4 is 16.8 Å². The number of hydrogen-bond acceptors (Lipinski definition) is 3. The number of amides is 1. The second kappa shape index (κ2) is 3.81. The molecule has 0 unspecified atom stereocenters. The molecule has 0 aliphatic heterocycles. The maximum Gasteiger partial charge on any atom is 0.254 e. The van der Waals surface area contributed by atoms with Gasteiger partial charge in [-0.3, -0.25) is 9.78 Å². The first-order valence-electron chi connectivity index (χ1n) is 4.89. The molecule has 2 rings (SSSR count). The Bertz CT molecular complexity index is 550. The lowest BCUT2D eigenvalue weighted by Crippen LogP contribution is -2.21. The molecule has 0 atom stereocenters. The van der Waals surface area contributed by atoms with Gasteiger partial charge in [0.05, 0.1) is 11.1 Å². The summed E-state index contributed by atoms with van der Waals surface area (Å²) in [5.74, 6) is 0.0336. The number of carbonyl (C=O) groups excluding carboxylic acids is 1.